The Bertz CT molecular complexity index is 1380. The molecular formula is C32H40ClN3O4S. The van der Waals surface area contributed by atoms with Crippen LogP contribution in [0, 0.1) is 6.92 Å². The van der Waals surface area contributed by atoms with Crippen LogP contribution in [0.4, 0.5) is 5.69 Å². The van der Waals surface area contributed by atoms with Gasteiger partial charge in [0.05, 0.1) is 11.9 Å². The maximum absolute atomic E-state index is 13.9. The van der Waals surface area contributed by atoms with E-state index in [1.54, 1.807) is 29.2 Å². The molecule has 2 amide bonds. The molecule has 0 bridgehead atoms. The molecule has 3 aromatic carbocycles. The number of hydrogen-bond donors (Lipinski definition) is 1. The first-order chi connectivity index (χ1) is 19.6. The first-order valence-corrected chi connectivity index (χ1v) is 16.2. The lowest BCUT2D eigenvalue weighted by molar-refractivity contribution is -0.141. The number of halogens is 1. The SMILES string of the molecule is CCCCNC(=O)[C@H](Cc1ccccc1)N(Cc1ccccc1C)C(=O)CCCN(c1ccc(Cl)cc1)S(C)(=O)=O. The quantitative estimate of drug-likeness (QED) is 0.226. The maximum atomic E-state index is 13.9. The summed E-state index contributed by atoms with van der Waals surface area (Å²) < 4.78 is 26.4. The average Bonchev–Trinajstić information content (AvgIpc) is 2.94. The molecule has 0 aromatic heterocycles. The number of amides is 2. The van der Waals surface area contributed by atoms with Gasteiger partial charge in [0, 0.05) is 37.5 Å². The third-order valence-corrected chi connectivity index (χ3v) is 8.42. The van der Waals surface area contributed by atoms with Gasteiger partial charge in [-0.15, -0.1) is 0 Å². The molecule has 0 aliphatic carbocycles. The van der Waals surface area contributed by atoms with E-state index in [1.807, 2.05) is 61.5 Å². The summed E-state index contributed by atoms with van der Waals surface area (Å²) in [7, 11) is -3.59. The minimum absolute atomic E-state index is 0.0824. The highest BCUT2D eigenvalue weighted by atomic mass is 35.5. The number of carbonyl (C=O) groups excluding carboxylic acids is 2. The second-order valence-electron chi connectivity index (χ2n) is 10.2. The number of hydrogen-bond acceptors (Lipinski definition) is 4. The van der Waals surface area contributed by atoms with Gasteiger partial charge in [0.1, 0.15) is 6.04 Å². The highest BCUT2D eigenvalue weighted by molar-refractivity contribution is 7.92. The fraction of sp³-hybridized carbons (Fsp3) is 0.375. The second-order valence-corrected chi connectivity index (χ2v) is 12.6. The van der Waals surface area contributed by atoms with Crippen LogP contribution in [-0.2, 0) is 32.6 Å². The number of rotatable bonds is 15. The summed E-state index contributed by atoms with van der Waals surface area (Å²) in [4.78, 5) is 29.1. The fourth-order valence-electron chi connectivity index (χ4n) is 4.64. The monoisotopic (exact) mass is 597 g/mol. The van der Waals surface area contributed by atoms with Crippen LogP contribution in [0.15, 0.2) is 78.9 Å². The van der Waals surface area contributed by atoms with Gasteiger partial charge in [-0.2, -0.15) is 0 Å². The van der Waals surface area contributed by atoms with Crippen molar-refractivity contribution in [2.45, 2.75) is 58.5 Å². The minimum Gasteiger partial charge on any atom is -0.354 e. The zero-order chi connectivity index (χ0) is 29.8. The van der Waals surface area contributed by atoms with Crippen molar-refractivity contribution in [2.75, 3.05) is 23.7 Å². The van der Waals surface area contributed by atoms with Crippen LogP contribution in [0.3, 0.4) is 0 Å². The predicted octanol–water partition coefficient (Wildman–Crippen LogP) is 5.75. The minimum atomic E-state index is -3.59. The Labute approximate surface area is 249 Å². The lowest BCUT2D eigenvalue weighted by Crippen LogP contribution is -2.50. The second kappa shape index (κ2) is 15.6. The van der Waals surface area contributed by atoms with Crippen molar-refractivity contribution in [1.29, 1.82) is 0 Å². The van der Waals surface area contributed by atoms with Gasteiger partial charge in [0.2, 0.25) is 21.8 Å². The summed E-state index contributed by atoms with van der Waals surface area (Å²) in [5, 5.41) is 3.53. The molecular weight excluding hydrogens is 558 g/mol. The Hall–Kier alpha value is -3.36. The largest absolute Gasteiger partial charge is 0.354 e. The van der Waals surface area contributed by atoms with E-state index < -0.39 is 16.1 Å². The molecule has 41 heavy (non-hydrogen) atoms. The number of aryl methyl sites for hydroxylation is 1. The number of nitrogens with zero attached hydrogens (tertiary/aromatic N) is 2. The van der Waals surface area contributed by atoms with Crippen LogP contribution in [0.25, 0.3) is 0 Å². The molecule has 7 nitrogen and oxygen atoms in total. The topological polar surface area (TPSA) is 86.8 Å². The number of anilines is 1. The zero-order valence-corrected chi connectivity index (χ0v) is 25.6. The van der Waals surface area contributed by atoms with Gasteiger partial charge in [-0.25, -0.2) is 8.42 Å². The van der Waals surface area contributed by atoms with E-state index in [-0.39, 0.29) is 37.7 Å². The molecule has 0 spiro atoms. The van der Waals surface area contributed by atoms with Crippen LogP contribution < -0.4 is 9.62 Å². The summed E-state index contributed by atoms with van der Waals surface area (Å²) in [5.74, 6) is -0.396. The van der Waals surface area contributed by atoms with Gasteiger partial charge in [0.15, 0.2) is 0 Å². The fourth-order valence-corrected chi connectivity index (χ4v) is 5.73. The summed E-state index contributed by atoms with van der Waals surface area (Å²) in [6.45, 7) is 4.98. The normalized spacial score (nSPS) is 12.0. The van der Waals surface area contributed by atoms with E-state index in [9.17, 15) is 18.0 Å². The standard InChI is InChI=1S/C32H40ClN3O4S/c1-4-5-21-34-32(38)30(23-26-13-7-6-8-14-26)35(24-27-15-10-9-12-25(27)2)31(37)16-11-22-36(41(3,39)40)29-19-17-28(33)18-20-29/h6-10,12-15,17-20,30H,4-5,11,16,21-24H2,1-3H3,(H,34,38)/t30-/m0/s1. The summed E-state index contributed by atoms with van der Waals surface area (Å²) in [5.41, 5.74) is 3.43. The van der Waals surface area contributed by atoms with Crippen LogP contribution >= 0.6 is 11.6 Å². The van der Waals surface area contributed by atoms with Gasteiger partial charge in [-0.1, -0.05) is 79.5 Å². The Morgan fingerprint density at radius 2 is 1.59 bits per heavy atom. The number of nitrogens with one attached hydrogen (secondary N) is 1. The molecule has 3 rings (SSSR count). The number of benzene rings is 3. The van der Waals surface area contributed by atoms with Gasteiger partial charge in [-0.05, 0) is 60.7 Å². The highest BCUT2D eigenvalue weighted by Crippen LogP contribution is 2.22. The van der Waals surface area contributed by atoms with E-state index in [1.165, 1.54) is 4.31 Å². The molecule has 1 N–H and O–H groups in total. The van der Waals surface area contributed by atoms with Crippen LogP contribution in [0.1, 0.15) is 49.3 Å². The molecule has 0 saturated carbocycles. The summed E-state index contributed by atoms with van der Waals surface area (Å²) in [6.07, 6.45) is 3.68. The van der Waals surface area contributed by atoms with Gasteiger partial charge < -0.3 is 10.2 Å². The molecule has 0 saturated heterocycles. The average molecular weight is 598 g/mol. The lowest BCUT2D eigenvalue weighted by atomic mass is 10.0. The van der Waals surface area contributed by atoms with Crippen molar-refractivity contribution >= 4 is 39.1 Å². The molecule has 0 aliphatic rings. The predicted molar refractivity (Wildman–Crippen MR) is 166 cm³/mol. The first kappa shape index (κ1) is 32.2. The van der Waals surface area contributed by atoms with E-state index in [0.29, 0.717) is 23.7 Å². The highest BCUT2D eigenvalue weighted by Gasteiger charge is 2.30. The van der Waals surface area contributed by atoms with Crippen molar-refractivity contribution < 1.29 is 18.0 Å². The molecule has 0 aliphatic heterocycles. The third-order valence-electron chi connectivity index (χ3n) is 6.97. The summed E-state index contributed by atoms with van der Waals surface area (Å²) in [6, 6.07) is 23.3. The number of carbonyl (C=O) groups is 2. The van der Waals surface area contributed by atoms with Gasteiger partial charge >= 0.3 is 0 Å². The molecule has 0 fully saturated rings. The Morgan fingerprint density at radius 1 is 0.927 bits per heavy atom. The Balaban J connectivity index is 1.87. The molecule has 0 unspecified atom stereocenters. The molecule has 1 atom stereocenters. The molecule has 220 valence electrons. The van der Waals surface area contributed by atoms with Crippen molar-refractivity contribution in [2.24, 2.45) is 0 Å². The summed E-state index contributed by atoms with van der Waals surface area (Å²) >= 11 is 5.99. The Morgan fingerprint density at radius 3 is 2.22 bits per heavy atom. The van der Waals surface area contributed by atoms with E-state index in [2.05, 4.69) is 12.2 Å². The molecule has 9 heteroatoms. The smallest absolute Gasteiger partial charge is 0.243 e. The first-order valence-electron chi connectivity index (χ1n) is 14.0. The molecule has 0 heterocycles. The lowest BCUT2D eigenvalue weighted by Gasteiger charge is -2.32. The zero-order valence-electron chi connectivity index (χ0n) is 24.1. The number of sulfonamides is 1. The third kappa shape index (κ3) is 9.90. The molecule has 3 aromatic rings. The maximum Gasteiger partial charge on any atom is 0.243 e. The van der Waals surface area contributed by atoms with Crippen molar-refractivity contribution in [3.05, 3.63) is 101 Å². The van der Waals surface area contributed by atoms with E-state index >= 15 is 0 Å². The molecule has 0 radical (unpaired) electrons. The van der Waals surface area contributed by atoms with Crippen LogP contribution in [-0.4, -0.2) is 50.5 Å². The van der Waals surface area contributed by atoms with Crippen molar-refractivity contribution in [1.82, 2.24) is 10.2 Å². The van der Waals surface area contributed by atoms with E-state index in [4.69, 9.17) is 11.6 Å². The van der Waals surface area contributed by atoms with Gasteiger partial charge in [-0.3, -0.25) is 13.9 Å². The van der Waals surface area contributed by atoms with Crippen LogP contribution in [0.2, 0.25) is 5.02 Å². The van der Waals surface area contributed by atoms with Crippen molar-refractivity contribution in [3.63, 3.8) is 0 Å². The Kier molecular flexibility index (Phi) is 12.2. The number of unbranched alkanes of at least 4 members (excludes halogenated alkanes) is 1. The van der Waals surface area contributed by atoms with Gasteiger partial charge in [0.25, 0.3) is 0 Å². The van der Waals surface area contributed by atoms with Crippen molar-refractivity contribution in [3.8, 4) is 0 Å². The van der Waals surface area contributed by atoms with E-state index in [0.717, 1.165) is 35.8 Å². The van der Waals surface area contributed by atoms with Crippen LogP contribution in [0.5, 0.6) is 0 Å².